The van der Waals surface area contributed by atoms with Gasteiger partial charge in [0.25, 0.3) is 5.91 Å². The number of nitrogens with zero attached hydrogens (tertiary/aromatic N) is 1. The van der Waals surface area contributed by atoms with Crippen LogP contribution in [-0.4, -0.2) is 23.0 Å². The third-order valence-corrected chi connectivity index (χ3v) is 5.09. The number of halogens is 1. The van der Waals surface area contributed by atoms with Crippen molar-refractivity contribution in [2.24, 2.45) is 0 Å². The molecular formula is C22H21FN2O3S. The molecule has 0 unspecified atom stereocenters. The van der Waals surface area contributed by atoms with E-state index < -0.39 is 18.0 Å². The van der Waals surface area contributed by atoms with E-state index in [1.54, 1.807) is 0 Å². The first-order chi connectivity index (χ1) is 13.9. The Morgan fingerprint density at radius 2 is 1.76 bits per heavy atom. The smallest absolute Gasteiger partial charge is 0.311 e. The standard InChI is InChI=1S/C22H21FN2O3S/c1-3-15-4-8-17(9-5-15)19-13-29-22(24-19)25-21(27)14(2)28-20(26)12-16-6-10-18(23)11-7-16/h4-11,13-14H,3,12H2,1-2H3,(H,24,25,27)/t14-/m1/s1. The largest absolute Gasteiger partial charge is 0.452 e. The molecule has 1 amide bonds. The molecule has 150 valence electrons. The number of carbonyl (C=O) groups is 2. The lowest BCUT2D eigenvalue weighted by atomic mass is 10.1. The Labute approximate surface area is 172 Å². The zero-order valence-electron chi connectivity index (χ0n) is 16.1. The van der Waals surface area contributed by atoms with Gasteiger partial charge in [-0.2, -0.15) is 0 Å². The number of anilines is 1. The molecule has 1 heterocycles. The summed E-state index contributed by atoms with van der Waals surface area (Å²) in [6.07, 6.45) is -0.0390. The first-order valence-electron chi connectivity index (χ1n) is 9.24. The minimum absolute atomic E-state index is 0.0347. The van der Waals surface area contributed by atoms with Crippen molar-refractivity contribution in [3.8, 4) is 11.3 Å². The number of hydrogen-bond donors (Lipinski definition) is 1. The number of aromatic nitrogens is 1. The van der Waals surface area contributed by atoms with Crippen molar-refractivity contribution in [3.05, 3.63) is 70.9 Å². The second-order valence-electron chi connectivity index (χ2n) is 6.51. The Balaban J connectivity index is 1.54. The number of esters is 1. The lowest BCUT2D eigenvalue weighted by molar-refractivity contribution is -0.152. The van der Waals surface area contributed by atoms with E-state index in [0.717, 1.165) is 17.7 Å². The highest BCUT2D eigenvalue weighted by atomic mass is 32.1. The van der Waals surface area contributed by atoms with Crippen molar-refractivity contribution in [2.45, 2.75) is 32.8 Å². The highest BCUT2D eigenvalue weighted by Gasteiger charge is 2.19. The van der Waals surface area contributed by atoms with Gasteiger partial charge in [0.2, 0.25) is 0 Å². The van der Waals surface area contributed by atoms with E-state index in [9.17, 15) is 14.0 Å². The molecule has 5 nitrogen and oxygen atoms in total. The van der Waals surface area contributed by atoms with Crippen molar-refractivity contribution >= 4 is 28.3 Å². The minimum Gasteiger partial charge on any atom is -0.452 e. The van der Waals surface area contributed by atoms with Gasteiger partial charge in [0, 0.05) is 10.9 Å². The third-order valence-electron chi connectivity index (χ3n) is 4.33. The van der Waals surface area contributed by atoms with Crippen LogP contribution in [0.15, 0.2) is 53.9 Å². The molecule has 29 heavy (non-hydrogen) atoms. The van der Waals surface area contributed by atoms with Crippen molar-refractivity contribution in [1.82, 2.24) is 4.98 Å². The van der Waals surface area contributed by atoms with Gasteiger partial charge in [0.1, 0.15) is 5.82 Å². The molecule has 1 N–H and O–H groups in total. The predicted octanol–water partition coefficient (Wildman–Crippen LogP) is 4.62. The normalized spacial score (nSPS) is 11.7. The number of aryl methyl sites for hydroxylation is 1. The Bertz CT molecular complexity index is 984. The number of hydrogen-bond acceptors (Lipinski definition) is 5. The molecule has 3 aromatic rings. The van der Waals surface area contributed by atoms with Gasteiger partial charge in [-0.3, -0.25) is 14.9 Å². The Hall–Kier alpha value is -3.06. The number of benzene rings is 2. The molecule has 0 bridgehead atoms. The summed E-state index contributed by atoms with van der Waals surface area (Å²) in [5, 5.41) is 4.97. The second-order valence-corrected chi connectivity index (χ2v) is 7.37. The number of rotatable bonds is 7. The number of nitrogens with one attached hydrogen (secondary N) is 1. The summed E-state index contributed by atoms with van der Waals surface area (Å²) in [4.78, 5) is 28.7. The molecule has 0 aliphatic rings. The lowest BCUT2D eigenvalue weighted by Crippen LogP contribution is -2.30. The van der Waals surface area contributed by atoms with Gasteiger partial charge >= 0.3 is 5.97 Å². The number of thiazole rings is 1. The topological polar surface area (TPSA) is 68.3 Å². The van der Waals surface area contributed by atoms with Crippen LogP contribution in [0.2, 0.25) is 0 Å². The van der Waals surface area contributed by atoms with E-state index in [2.05, 4.69) is 29.4 Å². The molecule has 1 aromatic heterocycles. The zero-order chi connectivity index (χ0) is 20.8. The molecule has 0 aliphatic heterocycles. The average molecular weight is 412 g/mol. The lowest BCUT2D eigenvalue weighted by Gasteiger charge is -2.12. The molecule has 0 fully saturated rings. The van der Waals surface area contributed by atoms with Gasteiger partial charge in [-0.25, -0.2) is 9.37 Å². The highest BCUT2D eigenvalue weighted by Crippen LogP contribution is 2.25. The SMILES string of the molecule is CCc1ccc(-c2csc(NC(=O)[C@@H](C)OC(=O)Cc3ccc(F)cc3)n2)cc1. The van der Waals surface area contributed by atoms with E-state index >= 15 is 0 Å². The Morgan fingerprint density at radius 1 is 1.10 bits per heavy atom. The number of ether oxygens (including phenoxy) is 1. The molecule has 3 rings (SSSR count). The van der Waals surface area contributed by atoms with E-state index in [-0.39, 0.29) is 12.2 Å². The quantitative estimate of drug-likeness (QED) is 0.575. The van der Waals surface area contributed by atoms with Crippen LogP contribution in [0.3, 0.4) is 0 Å². The van der Waals surface area contributed by atoms with Crippen LogP contribution in [0.5, 0.6) is 0 Å². The first-order valence-corrected chi connectivity index (χ1v) is 10.1. The van der Waals surface area contributed by atoms with E-state index in [0.29, 0.717) is 10.7 Å². The summed E-state index contributed by atoms with van der Waals surface area (Å²) in [5.74, 6) is -1.39. The fraction of sp³-hybridized carbons (Fsp3) is 0.227. The fourth-order valence-electron chi connectivity index (χ4n) is 2.64. The van der Waals surface area contributed by atoms with Gasteiger partial charge in [0.05, 0.1) is 12.1 Å². The highest BCUT2D eigenvalue weighted by molar-refractivity contribution is 7.14. The van der Waals surface area contributed by atoms with Gasteiger partial charge in [0.15, 0.2) is 11.2 Å². The third kappa shape index (κ3) is 5.71. The first kappa shape index (κ1) is 20.7. The van der Waals surface area contributed by atoms with Crippen LogP contribution in [0.1, 0.15) is 25.0 Å². The van der Waals surface area contributed by atoms with Crippen LogP contribution < -0.4 is 5.32 Å². The fourth-order valence-corrected chi connectivity index (χ4v) is 3.37. The van der Waals surface area contributed by atoms with Crippen LogP contribution >= 0.6 is 11.3 Å². The second kappa shape index (κ2) is 9.43. The van der Waals surface area contributed by atoms with Crippen molar-refractivity contribution in [3.63, 3.8) is 0 Å². The molecule has 0 saturated carbocycles. The van der Waals surface area contributed by atoms with Crippen LogP contribution in [0, 0.1) is 5.82 Å². The van der Waals surface area contributed by atoms with Gasteiger partial charge in [-0.1, -0.05) is 43.3 Å². The van der Waals surface area contributed by atoms with Crippen molar-refractivity contribution < 1.29 is 18.7 Å². The van der Waals surface area contributed by atoms with Gasteiger partial charge in [-0.05, 0) is 36.6 Å². The summed E-state index contributed by atoms with van der Waals surface area (Å²) >= 11 is 1.30. The Kier molecular flexibility index (Phi) is 6.72. The van der Waals surface area contributed by atoms with E-state index in [4.69, 9.17) is 4.74 Å². The maximum atomic E-state index is 12.9. The monoisotopic (exact) mass is 412 g/mol. The van der Waals surface area contributed by atoms with Crippen LogP contribution in [0.4, 0.5) is 9.52 Å². The maximum absolute atomic E-state index is 12.9. The summed E-state index contributed by atoms with van der Waals surface area (Å²) in [6, 6.07) is 13.7. The molecule has 0 saturated heterocycles. The summed E-state index contributed by atoms with van der Waals surface area (Å²) in [6.45, 7) is 3.59. The molecule has 2 aromatic carbocycles. The molecular weight excluding hydrogens is 391 g/mol. The maximum Gasteiger partial charge on any atom is 0.311 e. The summed E-state index contributed by atoms with van der Waals surface area (Å²) < 4.78 is 18.1. The van der Waals surface area contributed by atoms with Crippen molar-refractivity contribution in [1.29, 1.82) is 0 Å². The molecule has 0 aliphatic carbocycles. The average Bonchev–Trinajstić information content (AvgIpc) is 3.18. The Morgan fingerprint density at radius 3 is 2.41 bits per heavy atom. The van der Waals surface area contributed by atoms with Gasteiger partial charge < -0.3 is 4.74 Å². The van der Waals surface area contributed by atoms with Gasteiger partial charge in [-0.15, -0.1) is 11.3 Å². The zero-order valence-corrected chi connectivity index (χ0v) is 17.0. The van der Waals surface area contributed by atoms with Crippen molar-refractivity contribution in [2.75, 3.05) is 5.32 Å². The molecule has 0 radical (unpaired) electrons. The summed E-state index contributed by atoms with van der Waals surface area (Å²) in [5.41, 5.74) is 3.60. The molecule has 1 atom stereocenters. The number of carbonyl (C=O) groups excluding carboxylic acids is 2. The van der Waals surface area contributed by atoms with E-state index in [1.165, 1.54) is 48.1 Å². The predicted molar refractivity (Wildman–Crippen MR) is 111 cm³/mol. The number of amides is 1. The van der Waals surface area contributed by atoms with Crippen LogP contribution in [-0.2, 0) is 27.2 Å². The molecule has 7 heteroatoms. The van der Waals surface area contributed by atoms with Crippen LogP contribution in [0.25, 0.3) is 11.3 Å². The molecule has 0 spiro atoms. The van der Waals surface area contributed by atoms with E-state index in [1.807, 2.05) is 17.5 Å². The summed E-state index contributed by atoms with van der Waals surface area (Å²) in [7, 11) is 0. The minimum atomic E-state index is -0.973.